The number of piperidine rings is 1. The lowest BCUT2D eigenvalue weighted by molar-refractivity contribution is -0.121. The number of thiazole rings is 1. The zero-order chi connectivity index (χ0) is 21.1. The Morgan fingerprint density at radius 3 is 2.70 bits per heavy atom. The van der Waals surface area contributed by atoms with Gasteiger partial charge in [0, 0.05) is 35.3 Å². The fourth-order valence-electron chi connectivity index (χ4n) is 3.57. The van der Waals surface area contributed by atoms with Crippen LogP contribution in [0.1, 0.15) is 39.5 Å². The minimum Gasteiger partial charge on any atom is -0.459 e. The summed E-state index contributed by atoms with van der Waals surface area (Å²) in [7, 11) is 0. The first-order valence-electron chi connectivity index (χ1n) is 9.84. The Morgan fingerprint density at radius 1 is 1.23 bits per heavy atom. The molecule has 1 N–H and O–H groups in total. The topological polar surface area (TPSA) is 75.4 Å². The summed E-state index contributed by atoms with van der Waals surface area (Å²) in [5.41, 5.74) is 1.94. The molecule has 3 heterocycles. The Morgan fingerprint density at radius 2 is 2.00 bits per heavy atom. The fraction of sp³-hybridized carbons (Fsp3) is 0.318. The number of nitrogens with zero attached hydrogens (tertiary/aromatic N) is 2. The molecule has 0 unspecified atom stereocenters. The molecular weight excluding hydrogens is 422 g/mol. The second-order valence-electron chi connectivity index (χ2n) is 7.33. The van der Waals surface area contributed by atoms with Gasteiger partial charge in [0.2, 0.25) is 5.91 Å². The van der Waals surface area contributed by atoms with Crippen LogP contribution in [0, 0.1) is 12.8 Å². The lowest BCUT2D eigenvalue weighted by atomic mass is 9.96. The normalized spacial score (nSPS) is 14.7. The van der Waals surface area contributed by atoms with Crippen molar-refractivity contribution in [3.63, 3.8) is 0 Å². The highest BCUT2D eigenvalue weighted by Crippen LogP contribution is 2.29. The summed E-state index contributed by atoms with van der Waals surface area (Å²) in [5, 5.41) is 4.29. The maximum atomic E-state index is 12.7. The molecule has 6 nitrogen and oxygen atoms in total. The number of aromatic nitrogens is 1. The van der Waals surface area contributed by atoms with E-state index in [1.165, 1.54) is 17.6 Å². The summed E-state index contributed by atoms with van der Waals surface area (Å²) in [6.07, 6.45) is 3.42. The Bertz CT molecular complexity index is 1040. The monoisotopic (exact) mass is 443 g/mol. The summed E-state index contributed by atoms with van der Waals surface area (Å²) < 4.78 is 5.18. The highest BCUT2D eigenvalue weighted by Gasteiger charge is 2.29. The first kappa shape index (κ1) is 20.6. The van der Waals surface area contributed by atoms with Gasteiger partial charge in [-0.15, -0.1) is 11.3 Å². The minimum atomic E-state index is -0.137. The van der Waals surface area contributed by atoms with Crippen LogP contribution in [0.25, 0.3) is 0 Å². The molecule has 1 aliphatic heterocycles. The number of carbonyl (C=O) groups is 2. The Balaban J connectivity index is 1.33. The molecule has 3 aromatic rings. The highest BCUT2D eigenvalue weighted by molar-refractivity contribution is 7.15. The average molecular weight is 444 g/mol. The predicted octanol–water partition coefficient (Wildman–Crippen LogP) is 4.78. The number of rotatable bonds is 5. The van der Waals surface area contributed by atoms with Crippen molar-refractivity contribution in [3.8, 4) is 0 Å². The number of likely N-dealkylation sites (tertiary alicyclic amines) is 1. The summed E-state index contributed by atoms with van der Waals surface area (Å²) in [6.45, 7) is 3.01. The molecule has 0 bridgehead atoms. The molecule has 4 rings (SSSR count). The fourth-order valence-corrected chi connectivity index (χ4v) is 4.76. The van der Waals surface area contributed by atoms with E-state index in [9.17, 15) is 9.59 Å². The molecule has 1 saturated heterocycles. The maximum Gasteiger partial charge on any atom is 0.289 e. The molecule has 30 heavy (non-hydrogen) atoms. The smallest absolute Gasteiger partial charge is 0.289 e. The molecule has 1 fully saturated rings. The van der Waals surface area contributed by atoms with E-state index in [4.69, 9.17) is 16.0 Å². The van der Waals surface area contributed by atoms with Crippen molar-refractivity contribution in [2.45, 2.75) is 26.2 Å². The van der Waals surface area contributed by atoms with Crippen molar-refractivity contribution in [2.24, 2.45) is 5.92 Å². The van der Waals surface area contributed by atoms with Crippen LogP contribution in [0.5, 0.6) is 0 Å². The van der Waals surface area contributed by atoms with Gasteiger partial charge >= 0.3 is 0 Å². The van der Waals surface area contributed by atoms with E-state index in [0.29, 0.717) is 43.2 Å². The number of halogens is 1. The maximum absolute atomic E-state index is 12.7. The summed E-state index contributed by atoms with van der Waals surface area (Å²) in [5.74, 6) is 0.0286. The van der Waals surface area contributed by atoms with Gasteiger partial charge in [0.25, 0.3) is 5.91 Å². The first-order chi connectivity index (χ1) is 14.5. The lowest BCUT2D eigenvalue weighted by Gasteiger charge is -2.30. The number of anilines is 1. The number of carbonyl (C=O) groups excluding carboxylic acids is 2. The van der Waals surface area contributed by atoms with E-state index in [1.54, 1.807) is 17.0 Å². The van der Waals surface area contributed by atoms with Crippen LogP contribution in [0.4, 0.5) is 5.13 Å². The van der Waals surface area contributed by atoms with Gasteiger partial charge in [-0.05, 0) is 43.5 Å². The molecule has 1 aliphatic rings. The van der Waals surface area contributed by atoms with Gasteiger partial charge in [0.1, 0.15) is 0 Å². The molecule has 0 saturated carbocycles. The van der Waals surface area contributed by atoms with Gasteiger partial charge in [-0.3, -0.25) is 9.59 Å². The summed E-state index contributed by atoms with van der Waals surface area (Å²) in [4.78, 5) is 32.4. The van der Waals surface area contributed by atoms with Crippen molar-refractivity contribution in [2.75, 3.05) is 18.4 Å². The Kier molecular flexibility index (Phi) is 6.20. The number of nitrogens with one attached hydrogen (secondary N) is 1. The molecule has 2 aromatic heterocycles. The van der Waals surface area contributed by atoms with Gasteiger partial charge in [-0.25, -0.2) is 4.98 Å². The number of furan rings is 1. The number of amides is 2. The van der Waals surface area contributed by atoms with E-state index in [-0.39, 0.29) is 17.7 Å². The van der Waals surface area contributed by atoms with Crippen LogP contribution in [0.2, 0.25) is 5.02 Å². The standard InChI is InChI=1S/C22H22ClN3O3S/c1-14-19(13-16-5-2-3-6-17(16)23)30-22(24-14)25-20(27)15-8-10-26(11-9-15)21(28)18-7-4-12-29-18/h2-7,12,15H,8-11,13H2,1H3,(H,24,25,27). The van der Waals surface area contributed by atoms with E-state index < -0.39 is 0 Å². The first-order valence-corrected chi connectivity index (χ1v) is 11.0. The van der Waals surface area contributed by atoms with Crippen LogP contribution in [0.3, 0.4) is 0 Å². The molecular formula is C22H22ClN3O3S. The molecule has 1 aromatic carbocycles. The van der Waals surface area contributed by atoms with E-state index in [0.717, 1.165) is 21.2 Å². The summed E-state index contributed by atoms with van der Waals surface area (Å²) >= 11 is 7.75. The zero-order valence-corrected chi connectivity index (χ0v) is 18.1. The van der Waals surface area contributed by atoms with Gasteiger partial charge < -0.3 is 14.6 Å². The zero-order valence-electron chi connectivity index (χ0n) is 16.6. The van der Waals surface area contributed by atoms with E-state index in [1.807, 2.05) is 31.2 Å². The predicted molar refractivity (Wildman–Crippen MR) is 117 cm³/mol. The van der Waals surface area contributed by atoms with E-state index >= 15 is 0 Å². The van der Waals surface area contributed by atoms with Crippen LogP contribution in [0.15, 0.2) is 47.1 Å². The number of hydrogen-bond donors (Lipinski definition) is 1. The largest absolute Gasteiger partial charge is 0.459 e. The van der Waals surface area contributed by atoms with Crippen LogP contribution >= 0.6 is 22.9 Å². The molecule has 0 spiro atoms. The molecule has 0 radical (unpaired) electrons. The third kappa shape index (κ3) is 4.57. The second-order valence-corrected chi connectivity index (χ2v) is 8.82. The van der Waals surface area contributed by atoms with Crippen LogP contribution in [-0.2, 0) is 11.2 Å². The van der Waals surface area contributed by atoms with Gasteiger partial charge in [-0.1, -0.05) is 29.8 Å². The van der Waals surface area contributed by atoms with Crippen molar-refractivity contribution in [1.82, 2.24) is 9.88 Å². The highest BCUT2D eigenvalue weighted by atomic mass is 35.5. The number of benzene rings is 1. The minimum absolute atomic E-state index is 0.0434. The summed E-state index contributed by atoms with van der Waals surface area (Å²) in [6, 6.07) is 11.1. The number of aryl methyl sites for hydroxylation is 1. The molecule has 0 atom stereocenters. The lowest BCUT2D eigenvalue weighted by Crippen LogP contribution is -2.41. The Hall–Kier alpha value is -2.64. The van der Waals surface area contributed by atoms with Gasteiger partial charge in [0.05, 0.1) is 12.0 Å². The van der Waals surface area contributed by atoms with Gasteiger partial charge in [-0.2, -0.15) is 0 Å². The van der Waals surface area contributed by atoms with Crippen molar-refractivity contribution >= 4 is 39.9 Å². The third-order valence-corrected chi connectivity index (χ3v) is 6.76. The SMILES string of the molecule is Cc1nc(NC(=O)C2CCN(C(=O)c3ccco3)CC2)sc1Cc1ccccc1Cl. The second kappa shape index (κ2) is 9.02. The van der Waals surface area contributed by atoms with E-state index in [2.05, 4.69) is 10.3 Å². The van der Waals surface area contributed by atoms with Crippen molar-refractivity contribution in [3.05, 3.63) is 69.6 Å². The number of hydrogen-bond acceptors (Lipinski definition) is 5. The molecule has 0 aliphatic carbocycles. The Labute approximate surface area is 183 Å². The molecule has 2 amide bonds. The van der Waals surface area contributed by atoms with Crippen LogP contribution < -0.4 is 5.32 Å². The quantitative estimate of drug-likeness (QED) is 0.615. The van der Waals surface area contributed by atoms with Crippen LogP contribution in [-0.4, -0.2) is 34.8 Å². The molecule has 8 heteroatoms. The van der Waals surface area contributed by atoms with Crippen molar-refractivity contribution < 1.29 is 14.0 Å². The average Bonchev–Trinajstić information content (AvgIpc) is 3.40. The third-order valence-electron chi connectivity index (χ3n) is 5.32. The molecule has 156 valence electrons. The van der Waals surface area contributed by atoms with Crippen molar-refractivity contribution in [1.29, 1.82) is 0 Å². The van der Waals surface area contributed by atoms with Gasteiger partial charge in [0.15, 0.2) is 10.9 Å².